The number of nitrogens with zero attached hydrogens (tertiary/aromatic N) is 1. The summed E-state index contributed by atoms with van der Waals surface area (Å²) < 4.78 is 8.00. The van der Waals surface area contributed by atoms with Gasteiger partial charge in [-0.05, 0) is 25.0 Å². The summed E-state index contributed by atoms with van der Waals surface area (Å²) >= 11 is -0.137. The van der Waals surface area contributed by atoms with E-state index in [2.05, 4.69) is 28.6 Å². The van der Waals surface area contributed by atoms with E-state index in [1.807, 2.05) is 6.07 Å². The van der Waals surface area contributed by atoms with Crippen LogP contribution < -0.4 is 0 Å². The maximum absolute atomic E-state index is 5.57. The van der Waals surface area contributed by atoms with Crippen LogP contribution in [0.4, 0.5) is 0 Å². The molecule has 0 N–H and O–H groups in total. The van der Waals surface area contributed by atoms with E-state index in [0.717, 1.165) is 0 Å². The molecule has 0 aliphatic carbocycles. The average molecular weight is 210 g/mol. The third-order valence-corrected chi connectivity index (χ3v) is 4.23. The molecule has 2 nitrogen and oxygen atoms in total. The highest BCUT2D eigenvalue weighted by atomic mass is 32.2. The molecule has 2 rings (SSSR count). The molecule has 1 aliphatic rings. The molecular weight excluding hydrogens is 194 g/mol. The largest absolute Gasteiger partial charge is 0.280 e. The number of rotatable bonds is 3. The van der Waals surface area contributed by atoms with E-state index < -0.39 is 0 Å². The Morgan fingerprint density at radius 3 is 2.36 bits per heavy atom. The second-order valence-electron chi connectivity index (χ2n) is 3.37. The van der Waals surface area contributed by atoms with Crippen molar-refractivity contribution in [3.63, 3.8) is 0 Å². The molecule has 0 radical (unpaired) electrons. The van der Waals surface area contributed by atoms with Gasteiger partial charge in [-0.25, -0.2) is 0 Å². The lowest BCUT2D eigenvalue weighted by molar-refractivity contribution is 0.413. The average Bonchev–Trinajstić information content (AvgIpc) is 2.74. The second-order valence-corrected chi connectivity index (χ2v) is 5.18. The Balaban J connectivity index is 2.12. The summed E-state index contributed by atoms with van der Waals surface area (Å²) in [5.74, 6) is 0. The molecule has 0 spiro atoms. The first-order valence-corrected chi connectivity index (χ1v) is 6.11. The monoisotopic (exact) mass is 210 g/mol. The summed E-state index contributed by atoms with van der Waals surface area (Å²) in [7, 11) is 1.80. The second kappa shape index (κ2) is 4.82. The molecule has 1 saturated heterocycles. The zero-order valence-electron chi connectivity index (χ0n) is 8.48. The molecule has 14 heavy (non-hydrogen) atoms. The van der Waals surface area contributed by atoms with Crippen LogP contribution in [0.1, 0.15) is 12.8 Å². The van der Waals surface area contributed by atoms with Crippen LogP contribution in [0.25, 0.3) is 0 Å². The van der Waals surface area contributed by atoms with Crippen LogP contribution >= 0.6 is 0 Å². The van der Waals surface area contributed by atoms with Crippen molar-refractivity contribution in [1.82, 2.24) is 4.31 Å². The molecule has 76 valence electrons. The molecule has 3 heteroatoms. The Morgan fingerprint density at radius 2 is 1.79 bits per heavy atom. The minimum absolute atomic E-state index is 0.137. The first kappa shape index (κ1) is 10.0. The fourth-order valence-corrected chi connectivity index (χ4v) is 3.42. The Bertz CT molecular complexity index is 272. The molecule has 0 saturated carbocycles. The van der Waals surface area contributed by atoms with Crippen LogP contribution in [0.2, 0.25) is 0 Å². The predicted molar refractivity (Wildman–Crippen MR) is 59.9 cm³/mol. The van der Waals surface area contributed by atoms with Crippen LogP contribution in [-0.4, -0.2) is 24.5 Å². The summed E-state index contributed by atoms with van der Waals surface area (Å²) in [6, 6.07) is 10.5. The smallest absolute Gasteiger partial charge is 0.150 e. The van der Waals surface area contributed by atoms with Gasteiger partial charge in [0.1, 0.15) is 0 Å². The topological polar surface area (TPSA) is 12.5 Å². The maximum atomic E-state index is 5.57. The Kier molecular flexibility index (Phi) is 3.45. The lowest BCUT2D eigenvalue weighted by atomic mass is 10.4. The lowest BCUT2D eigenvalue weighted by Crippen LogP contribution is -2.29. The van der Waals surface area contributed by atoms with Gasteiger partial charge >= 0.3 is 0 Å². The van der Waals surface area contributed by atoms with Gasteiger partial charge in [-0.3, -0.25) is 0 Å². The molecule has 1 fully saturated rings. The van der Waals surface area contributed by atoms with Crippen molar-refractivity contribution in [3.8, 4) is 0 Å². The van der Waals surface area contributed by atoms with Gasteiger partial charge in [0, 0.05) is 13.1 Å². The van der Waals surface area contributed by atoms with Gasteiger partial charge in [0.15, 0.2) is 0 Å². The Labute approximate surface area is 88.6 Å². The molecule has 1 heterocycles. The van der Waals surface area contributed by atoms with Crippen molar-refractivity contribution in [2.24, 2.45) is 0 Å². The fourth-order valence-electron chi connectivity index (χ4n) is 1.74. The highest BCUT2D eigenvalue weighted by Crippen LogP contribution is 2.22. The van der Waals surface area contributed by atoms with Gasteiger partial charge in [0.25, 0.3) is 11.4 Å². The van der Waals surface area contributed by atoms with Crippen LogP contribution in [0.5, 0.6) is 0 Å². The van der Waals surface area contributed by atoms with Gasteiger partial charge in [0.05, 0.1) is 7.11 Å². The van der Waals surface area contributed by atoms with Gasteiger partial charge in [-0.2, -0.15) is 4.18 Å². The third kappa shape index (κ3) is 2.11. The number of hydrogen-bond donors (Lipinski definition) is 0. The van der Waals surface area contributed by atoms with Crippen molar-refractivity contribution >= 4 is 11.4 Å². The van der Waals surface area contributed by atoms with Crippen LogP contribution in [0.3, 0.4) is 0 Å². The van der Waals surface area contributed by atoms with Crippen LogP contribution in [0.15, 0.2) is 35.2 Å². The first-order valence-electron chi connectivity index (χ1n) is 5.00. The van der Waals surface area contributed by atoms with Gasteiger partial charge in [-0.15, -0.1) is 0 Å². The predicted octanol–water partition coefficient (Wildman–Crippen LogP) is 2.24. The zero-order chi connectivity index (χ0) is 9.80. The zero-order valence-corrected chi connectivity index (χ0v) is 9.30. The molecule has 0 bridgehead atoms. The fraction of sp³-hybridized carbons (Fsp3) is 0.455. The number of benzene rings is 1. The van der Waals surface area contributed by atoms with Gasteiger partial charge in [-0.1, -0.05) is 22.5 Å². The molecular formula is C11H16NOS+. The van der Waals surface area contributed by atoms with Gasteiger partial charge < -0.3 is 0 Å². The quantitative estimate of drug-likeness (QED) is 0.709. The van der Waals surface area contributed by atoms with E-state index in [0.29, 0.717) is 0 Å². The third-order valence-electron chi connectivity index (χ3n) is 2.40. The molecule has 1 unspecified atom stereocenters. The van der Waals surface area contributed by atoms with Crippen molar-refractivity contribution in [1.29, 1.82) is 0 Å². The van der Waals surface area contributed by atoms with Crippen molar-refractivity contribution in [2.45, 2.75) is 17.7 Å². The van der Waals surface area contributed by atoms with E-state index >= 15 is 0 Å². The Hall–Kier alpha value is -0.510. The molecule has 1 aromatic rings. The van der Waals surface area contributed by atoms with E-state index in [1.165, 1.54) is 30.8 Å². The van der Waals surface area contributed by atoms with E-state index in [-0.39, 0.29) is 11.4 Å². The normalized spacial score (nSPS) is 19.8. The number of hydrogen-bond acceptors (Lipinski definition) is 2. The standard InChI is InChI=1S/C11H16NOS/c1-13-14(12-9-5-6-10-12)11-7-3-2-4-8-11/h2-4,7-8H,5-6,9-10H2,1H3/q+1. The highest BCUT2D eigenvalue weighted by Gasteiger charge is 2.34. The minimum Gasteiger partial charge on any atom is -0.150 e. The highest BCUT2D eigenvalue weighted by molar-refractivity contribution is 7.90. The first-order chi connectivity index (χ1) is 6.92. The van der Waals surface area contributed by atoms with Crippen LogP contribution in [0, 0.1) is 0 Å². The van der Waals surface area contributed by atoms with Crippen molar-refractivity contribution < 1.29 is 4.18 Å². The molecule has 1 atom stereocenters. The maximum Gasteiger partial charge on any atom is 0.280 e. The summed E-state index contributed by atoms with van der Waals surface area (Å²) in [5.41, 5.74) is 0. The van der Waals surface area contributed by atoms with E-state index in [1.54, 1.807) is 7.11 Å². The minimum atomic E-state index is -0.137. The lowest BCUT2D eigenvalue weighted by Gasteiger charge is -2.11. The van der Waals surface area contributed by atoms with Gasteiger partial charge in [0.2, 0.25) is 4.90 Å². The van der Waals surface area contributed by atoms with Crippen molar-refractivity contribution in [2.75, 3.05) is 20.2 Å². The van der Waals surface area contributed by atoms with Crippen molar-refractivity contribution in [3.05, 3.63) is 30.3 Å². The summed E-state index contributed by atoms with van der Waals surface area (Å²) in [6.45, 7) is 2.34. The molecule has 0 aromatic heterocycles. The SMILES string of the molecule is CO[S+](c1ccccc1)N1CCCC1. The Morgan fingerprint density at radius 1 is 1.14 bits per heavy atom. The summed E-state index contributed by atoms with van der Waals surface area (Å²) in [5, 5.41) is 0. The molecule has 1 aromatic carbocycles. The van der Waals surface area contributed by atoms with Crippen LogP contribution in [-0.2, 0) is 15.5 Å². The molecule has 1 aliphatic heterocycles. The van der Waals surface area contributed by atoms with E-state index in [4.69, 9.17) is 4.18 Å². The summed E-state index contributed by atoms with van der Waals surface area (Å²) in [4.78, 5) is 1.29. The summed E-state index contributed by atoms with van der Waals surface area (Å²) in [6.07, 6.45) is 2.61. The van der Waals surface area contributed by atoms with E-state index in [9.17, 15) is 0 Å². The molecule has 0 amide bonds.